The first-order chi connectivity index (χ1) is 11.2. The van der Waals surface area contributed by atoms with Gasteiger partial charge in [0.1, 0.15) is 0 Å². The van der Waals surface area contributed by atoms with Crippen molar-refractivity contribution in [1.82, 2.24) is 15.7 Å². The van der Waals surface area contributed by atoms with Crippen LogP contribution in [0.25, 0.3) is 0 Å². The van der Waals surface area contributed by atoms with Gasteiger partial charge in [0.05, 0.1) is 6.04 Å². The quantitative estimate of drug-likeness (QED) is 0.442. The van der Waals surface area contributed by atoms with Crippen molar-refractivity contribution in [2.75, 3.05) is 6.54 Å². The van der Waals surface area contributed by atoms with Crippen LogP contribution < -0.4 is 10.8 Å². The molecule has 6 nitrogen and oxygen atoms in total. The number of allylic oxidation sites excluding steroid dienone is 2. The topological polar surface area (TPSA) is 81.7 Å². The summed E-state index contributed by atoms with van der Waals surface area (Å²) in [6.45, 7) is 1.12. The molecule has 0 aromatic heterocycles. The predicted molar refractivity (Wildman–Crippen MR) is 85.0 cm³/mol. The minimum Gasteiger partial charge on any atom is -0.328 e. The van der Waals surface area contributed by atoms with Gasteiger partial charge in [-0.05, 0) is 36.1 Å². The molecule has 0 spiro atoms. The van der Waals surface area contributed by atoms with Crippen molar-refractivity contribution >= 4 is 11.9 Å². The fourth-order valence-electron chi connectivity index (χ4n) is 2.86. The van der Waals surface area contributed by atoms with E-state index in [-0.39, 0.29) is 12.1 Å². The summed E-state index contributed by atoms with van der Waals surface area (Å²) in [5.74, 6) is -0.524. The highest BCUT2D eigenvalue weighted by molar-refractivity contribution is 5.93. The van der Waals surface area contributed by atoms with Crippen LogP contribution in [0.5, 0.6) is 0 Å². The molecule has 0 saturated heterocycles. The van der Waals surface area contributed by atoms with E-state index >= 15 is 0 Å². The second-order valence-corrected chi connectivity index (χ2v) is 5.66. The van der Waals surface area contributed by atoms with Crippen molar-refractivity contribution < 1.29 is 14.8 Å². The molecule has 23 heavy (non-hydrogen) atoms. The van der Waals surface area contributed by atoms with Gasteiger partial charge in [-0.3, -0.25) is 10.0 Å². The lowest BCUT2D eigenvalue weighted by atomic mass is 9.97. The van der Waals surface area contributed by atoms with Crippen LogP contribution in [0.15, 0.2) is 42.5 Å². The molecule has 0 unspecified atom stereocenters. The number of hydrogen-bond donors (Lipinski definition) is 3. The lowest BCUT2D eigenvalue weighted by Crippen LogP contribution is -2.45. The summed E-state index contributed by atoms with van der Waals surface area (Å²) in [5, 5.41) is 11.7. The fourth-order valence-corrected chi connectivity index (χ4v) is 2.86. The second-order valence-electron chi connectivity index (χ2n) is 5.66. The zero-order valence-electron chi connectivity index (χ0n) is 12.7. The van der Waals surface area contributed by atoms with Gasteiger partial charge in [0.15, 0.2) is 0 Å². The Morgan fingerprint density at radius 1 is 1.17 bits per heavy atom. The Kier molecular flexibility index (Phi) is 4.43. The summed E-state index contributed by atoms with van der Waals surface area (Å²) in [5.41, 5.74) is 4.11. The maximum atomic E-state index is 12.3. The smallest absolute Gasteiger partial charge is 0.318 e. The van der Waals surface area contributed by atoms with Gasteiger partial charge in [0.2, 0.25) is 0 Å². The molecule has 1 aromatic carbocycles. The van der Waals surface area contributed by atoms with Crippen molar-refractivity contribution in [1.29, 1.82) is 0 Å². The lowest BCUT2D eigenvalue weighted by molar-refractivity contribution is 0.0706. The molecule has 0 saturated carbocycles. The maximum Gasteiger partial charge on any atom is 0.318 e. The van der Waals surface area contributed by atoms with Crippen LogP contribution in [0, 0.1) is 0 Å². The second kappa shape index (κ2) is 6.66. The Hall–Kier alpha value is -2.60. The summed E-state index contributed by atoms with van der Waals surface area (Å²) < 4.78 is 0. The van der Waals surface area contributed by atoms with Gasteiger partial charge in [0, 0.05) is 18.7 Å². The van der Waals surface area contributed by atoms with Crippen molar-refractivity contribution in [2.45, 2.75) is 25.4 Å². The van der Waals surface area contributed by atoms with E-state index in [0.717, 1.165) is 17.5 Å². The summed E-state index contributed by atoms with van der Waals surface area (Å²) in [7, 11) is 0. The average Bonchev–Trinajstić information content (AvgIpc) is 2.61. The zero-order chi connectivity index (χ0) is 16.2. The third kappa shape index (κ3) is 3.43. The first-order valence-corrected chi connectivity index (χ1v) is 7.62. The SMILES string of the molecule is O=C(NO)c1ccc2c(c1)CCN(C(=O)NC1C=CCC=C1)C2. The number of nitrogens with zero attached hydrogens (tertiary/aromatic N) is 1. The van der Waals surface area contributed by atoms with Gasteiger partial charge >= 0.3 is 6.03 Å². The minimum absolute atomic E-state index is 0.0479. The zero-order valence-corrected chi connectivity index (χ0v) is 12.7. The summed E-state index contributed by atoms with van der Waals surface area (Å²) in [6, 6.07) is 5.11. The molecule has 1 aliphatic heterocycles. The normalized spacial score (nSPS) is 16.8. The van der Waals surface area contributed by atoms with Gasteiger partial charge in [0.25, 0.3) is 5.91 Å². The third-order valence-corrected chi connectivity index (χ3v) is 4.12. The van der Waals surface area contributed by atoms with E-state index in [1.165, 1.54) is 0 Å². The van der Waals surface area contributed by atoms with E-state index in [1.807, 2.05) is 30.4 Å². The van der Waals surface area contributed by atoms with Gasteiger partial charge in [-0.2, -0.15) is 0 Å². The molecule has 1 aromatic rings. The highest BCUT2D eigenvalue weighted by Crippen LogP contribution is 2.20. The van der Waals surface area contributed by atoms with Gasteiger partial charge in [-0.25, -0.2) is 10.3 Å². The summed E-state index contributed by atoms with van der Waals surface area (Å²) >= 11 is 0. The van der Waals surface area contributed by atoms with Gasteiger partial charge < -0.3 is 10.2 Å². The molecule has 0 bridgehead atoms. The Balaban J connectivity index is 1.66. The number of benzene rings is 1. The summed E-state index contributed by atoms with van der Waals surface area (Å²) in [6.07, 6.45) is 9.62. The monoisotopic (exact) mass is 313 g/mol. The van der Waals surface area contributed by atoms with Crippen LogP contribution in [0.2, 0.25) is 0 Å². The molecule has 0 fully saturated rings. The number of carbonyl (C=O) groups is 2. The Labute approximate surface area is 134 Å². The van der Waals surface area contributed by atoms with Crippen molar-refractivity contribution in [3.63, 3.8) is 0 Å². The number of fused-ring (bicyclic) bond motifs is 1. The molecular weight excluding hydrogens is 294 g/mol. The predicted octanol–water partition coefficient (Wildman–Crippen LogP) is 1.76. The van der Waals surface area contributed by atoms with Crippen molar-refractivity contribution in [3.8, 4) is 0 Å². The average molecular weight is 313 g/mol. The van der Waals surface area contributed by atoms with E-state index in [0.29, 0.717) is 25.1 Å². The van der Waals surface area contributed by atoms with E-state index in [2.05, 4.69) is 5.32 Å². The van der Waals surface area contributed by atoms with E-state index < -0.39 is 5.91 Å². The number of urea groups is 1. The Morgan fingerprint density at radius 3 is 2.70 bits per heavy atom. The van der Waals surface area contributed by atoms with Crippen molar-refractivity contribution in [2.24, 2.45) is 0 Å². The molecule has 120 valence electrons. The third-order valence-electron chi connectivity index (χ3n) is 4.12. The molecule has 0 atom stereocenters. The minimum atomic E-state index is -0.524. The highest BCUT2D eigenvalue weighted by atomic mass is 16.5. The van der Waals surface area contributed by atoms with E-state index in [4.69, 9.17) is 5.21 Å². The number of hydrogen-bond acceptors (Lipinski definition) is 3. The lowest BCUT2D eigenvalue weighted by Gasteiger charge is -2.30. The van der Waals surface area contributed by atoms with Crippen LogP contribution in [-0.4, -0.2) is 34.6 Å². The molecule has 3 N–H and O–H groups in total. The van der Waals surface area contributed by atoms with E-state index in [9.17, 15) is 9.59 Å². The van der Waals surface area contributed by atoms with Crippen LogP contribution in [0.1, 0.15) is 27.9 Å². The number of hydroxylamine groups is 1. The van der Waals surface area contributed by atoms with E-state index in [1.54, 1.807) is 22.5 Å². The molecule has 0 radical (unpaired) electrons. The van der Waals surface area contributed by atoms with Crippen LogP contribution in [0.4, 0.5) is 4.79 Å². The number of rotatable bonds is 2. The first-order valence-electron chi connectivity index (χ1n) is 7.62. The number of carbonyl (C=O) groups excluding carboxylic acids is 2. The molecule has 3 rings (SSSR count). The Bertz CT molecular complexity index is 670. The molecule has 3 amide bonds. The summed E-state index contributed by atoms with van der Waals surface area (Å²) in [4.78, 5) is 25.6. The van der Waals surface area contributed by atoms with Crippen LogP contribution >= 0.6 is 0 Å². The molecule has 1 aliphatic carbocycles. The highest BCUT2D eigenvalue weighted by Gasteiger charge is 2.22. The number of amides is 3. The van der Waals surface area contributed by atoms with Crippen LogP contribution in [0.3, 0.4) is 0 Å². The van der Waals surface area contributed by atoms with Gasteiger partial charge in [-0.1, -0.05) is 30.4 Å². The molecule has 6 heteroatoms. The standard InChI is InChI=1S/C17H19N3O3/c21-16(19-23)13-6-7-14-11-20(9-8-12(14)10-13)17(22)18-15-4-2-1-3-5-15/h2-7,10,15,23H,1,8-9,11H2,(H,18,22)(H,19,21). The molecule has 1 heterocycles. The van der Waals surface area contributed by atoms with Crippen LogP contribution in [-0.2, 0) is 13.0 Å². The van der Waals surface area contributed by atoms with Crippen molar-refractivity contribution in [3.05, 3.63) is 59.2 Å². The van der Waals surface area contributed by atoms with Gasteiger partial charge in [-0.15, -0.1) is 0 Å². The number of nitrogens with one attached hydrogen (secondary N) is 2. The fraction of sp³-hybridized carbons (Fsp3) is 0.294. The maximum absolute atomic E-state index is 12.3. The first kappa shape index (κ1) is 15.3. The largest absolute Gasteiger partial charge is 0.328 e. The Morgan fingerprint density at radius 2 is 1.96 bits per heavy atom. The molecule has 2 aliphatic rings. The molecular formula is C17H19N3O3.